The Morgan fingerprint density at radius 2 is 2.22 bits per heavy atom. The molecule has 2 aromatic rings. The summed E-state index contributed by atoms with van der Waals surface area (Å²) in [6, 6.07) is 2.00. The van der Waals surface area contributed by atoms with Gasteiger partial charge in [-0.1, -0.05) is 6.92 Å². The zero-order chi connectivity index (χ0) is 16.0. The number of H-pyrrole nitrogens is 1. The summed E-state index contributed by atoms with van der Waals surface area (Å²) in [4.78, 5) is 12.1. The summed E-state index contributed by atoms with van der Waals surface area (Å²) >= 11 is 0. The maximum Gasteiger partial charge on any atom is 0.324 e. The van der Waals surface area contributed by atoms with Gasteiger partial charge in [0.25, 0.3) is 0 Å². The maximum absolute atomic E-state index is 12.1. The van der Waals surface area contributed by atoms with Gasteiger partial charge in [0.1, 0.15) is 0 Å². The number of hydrogen-bond donors (Lipinski definition) is 3. The number of hydrogen-bond acceptors (Lipinski definition) is 3. The van der Waals surface area contributed by atoms with Crippen LogP contribution in [0.5, 0.6) is 0 Å². The van der Waals surface area contributed by atoms with Crippen molar-refractivity contribution in [2.24, 2.45) is 11.8 Å². The molecule has 7 heteroatoms. The Morgan fingerprint density at radius 3 is 2.91 bits per heavy atom. The van der Waals surface area contributed by atoms with Gasteiger partial charge in [-0.3, -0.25) is 15.1 Å². The summed E-state index contributed by atoms with van der Waals surface area (Å²) in [7, 11) is 0. The Hall–Kier alpha value is -2.31. The number of amides is 2. The summed E-state index contributed by atoms with van der Waals surface area (Å²) in [6.45, 7) is 4.38. The predicted molar refractivity (Wildman–Crippen MR) is 87.4 cm³/mol. The van der Waals surface area contributed by atoms with Crippen molar-refractivity contribution in [2.75, 3.05) is 10.6 Å². The Labute approximate surface area is 134 Å². The fourth-order valence-electron chi connectivity index (χ4n) is 3.04. The summed E-state index contributed by atoms with van der Waals surface area (Å²) in [5.74, 6) is 2.54. The average Bonchev–Trinajstić information content (AvgIpc) is 3.40. The van der Waals surface area contributed by atoms with Crippen LogP contribution >= 0.6 is 0 Å². The highest BCUT2D eigenvalue weighted by Crippen LogP contribution is 2.46. The van der Waals surface area contributed by atoms with Crippen LogP contribution in [-0.2, 0) is 0 Å². The van der Waals surface area contributed by atoms with E-state index in [-0.39, 0.29) is 6.03 Å². The number of aromatic amines is 1. The molecule has 0 saturated heterocycles. The van der Waals surface area contributed by atoms with Crippen LogP contribution in [-0.4, -0.2) is 26.0 Å². The topological polar surface area (TPSA) is 87.6 Å². The number of carbonyl (C=O) groups excluding carboxylic acids is 1. The number of urea groups is 1. The van der Waals surface area contributed by atoms with E-state index in [4.69, 9.17) is 0 Å². The van der Waals surface area contributed by atoms with Crippen LogP contribution in [0.2, 0.25) is 0 Å². The predicted octanol–water partition coefficient (Wildman–Crippen LogP) is 3.34. The standard InChI is InChI=1S/C16H22N6O/c1-9-5-13(9)14-6-15(21-20-14)19-16(23)18-12-7-17-22(8-12)10(2)11-3-4-11/h6-11,13H,3-5H2,1-2H3,(H3,18,19,20,21,23)/t9-,10+,13-/m1/s1. The number of rotatable bonds is 5. The van der Waals surface area contributed by atoms with Crippen molar-refractivity contribution in [2.45, 2.75) is 45.1 Å². The minimum absolute atomic E-state index is 0.300. The quantitative estimate of drug-likeness (QED) is 0.791. The molecule has 3 atom stereocenters. The highest BCUT2D eigenvalue weighted by atomic mass is 16.2. The molecule has 2 aliphatic rings. The van der Waals surface area contributed by atoms with Gasteiger partial charge >= 0.3 is 6.03 Å². The zero-order valence-electron chi connectivity index (χ0n) is 13.4. The van der Waals surface area contributed by atoms with Crippen LogP contribution in [0, 0.1) is 11.8 Å². The van der Waals surface area contributed by atoms with Crippen molar-refractivity contribution < 1.29 is 4.79 Å². The summed E-state index contributed by atoms with van der Waals surface area (Å²) in [5.41, 5.74) is 1.79. The van der Waals surface area contributed by atoms with E-state index in [1.54, 1.807) is 6.20 Å². The summed E-state index contributed by atoms with van der Waals surface area (Å²) in [6.07, 6.45) is 7.29. The van der Waals surface area contributed by atoms with E-state index in [1.807, 2.05) is 16.9 Å². The van der Waals surface area contributed by atoms with Crippen molar-refractivity contribution in [1.82, 2.24) is 20.0 Å². The third kappa shape index (κ3) is 3.09. The molecule has 2 heterocycles. The Bertz CT molecular complexity index is 716. The number of carbonyl (C=O) groups is 1. The van der Waals surface area contributed by atoms with Gasteiger partial charge in [-0.2, -0.15) is 10.2 Å². The molecule has 122 valence electrons. The number of nitrogens with one attached hydrogen (secondary N) is 3. The maximum atomic E-state index is 12.1. The van der Waals surface area contributed by atoms with Gasteiger partial charge in [0.2, 0.25) is 0 Å². The van der Waals surface area contributed by atoms with E-state index in [9.17, 15) is 4.79 Å². The van der Waals surface area contributed by atoms with E-state index in [1.165, 1.54) is 19.3 Å². The summed E-state index contributed by atoms with van der Waals surface area (Å²) in [5, 5.41) is 17.0. The van der Waals surface area contributed by atoms with Gasteiger partial charge in [0, 0.05) is 23.9 Å². The lowest BCUT2D eigenvalue weighted by Crippen LogP contribution is -2.19. The third-order valence-corrected chi connectivity index (χ3v) is 4.93. The fraction of sp³-hybridized carbons (Fsp3) is 0.562. The molecule has 2 saturated carbocycles. The molecule has 7 nitrogen and oxygen atoms in total. The largest absolute Gasteiger partial charge is 0.324 e. The zero-order valence-corrected chi connectivity index (χ0v) is 13.4. The van der Waals surface area contributed by atoms with Gasteiger partial charge in [0.15, 0.2) is 5.82 Å². The van der Waals surface area contributed by atoms with Gasteiger partial charge in [0.05, 0.1) is 17.9 Å². The first-order chi connectivity index (χ1) is 11.1. The minimum atomic E-state index is -0.300. The molecule has 0 bridgehead atoms. The first kappa shape index (κ1) is 14.3. The van der Waals surface area contributed by atoms with E-state index in [2.05, 4.69) is 39.8 Å². The summed E-state index contributed by atoms with van der Waals surface area (Å²) < 4.78 is 1.93. The Balaban J connectivity index is 1.33. The highest BCUT2D eigenvalue weighted by molar-refractivity contribution is 5.98. The Morgan fingerprint density at radius 1 is 1.43 bits per heavy atom. The van der Waals surface area contributed by atoms with Crippen LogP contribution in [0.25, 0.3) is 0 Å². The van der Waals surface area contributed by atoms with E-state index >= 15 is 0 Å². The number of anilines is 2. The van der Waals surface area contributed by atoms with Crippen molar-refractivity contribution in [3.8, 4) is 0 Å². The molecule has 0 radical (unpaired) electrons. The number of nitrogens with zero attached hydrogens (tertiary/aromatic N) is 3. The SMILES string of the molecule is C[C@@H]1C[C@H]1c1cc(NC(=O)Nc2cnn([C@@H](C)C3CC3)c2)n[nH]1. The molecule has 2 fully saturated rings. The van der Waals surface area contributed by atoms with Crippen molar-refractivity contribution in [3.05, 3.63) is 24.2 Å². The monoisotopic (exact) mass is 314 g/mol. The fourth-order valence-corrected chi connectivity index (χ4v) is 3.04. The third-order valence-electron chi connectivity index (χ3n) is 4.93. The van der Waals surface area contributed by atoms with Gasteiger partial charge in [-0.25, -0.2) is 4.79 Å². The molecular formula is C16H22N6O. The van der Waals surface area contributed by atoms with E-state index in [0.29, 0.717) is 29.4 Å². The molecule has 0 aromatic carbocycles. The van der Waals surface area contributed by atoms with Gasteiger partial charge in [-0.05, 0) is 38.0 Å². The van der Waals surface area contributed by atoms with Crippen LogP contribution in [0.4, 0.5) is 16.3 Å². The van der Waals surface area contributed by atoms with Gasteiger partial charge < -0.3 is 5.32 Å². The second-order valence-corrected chi connectivity index (χ2v) is 6.89. The van der Waals surface area contributed by atoms with E-state index < -0.39 is 0 Å². The first-order valence-electron chi connectivity index (χ1n) is 8.27. The molecular weight excluding hydrogens is 292 g/mol. The van der Waals surface area contributed by atoms with Crippen LogP contribution in [0.3, 0.4) is 0 Å². The van der Waals surface area contributed by atoms with Crippen molar-refractivity contribution >= 4 is 17.5 Å². The highest BCUT2D eigenvalue weighted by Gasteiger charge is 2.35. The molecule has 2 aliphatic carbocycles. The lowest BCUT2D eigenvalue weighted by atomic mass is 10.2. The smallest absolute Gasteiger partial charge is 0.305 e. The molecule has 23 heavy (non-hydrogen) atoms. The van der Waals surface area contributed by atoms with Gasteiger partial charge in [-0.15, -0.1) is 0 Å². The van der Waals surface area contributed by atoms with E-state index in [0.717, 1.165) is 11.6 Å². The van der Waals surface area contributed by atoms with Crippen molar-refractivity contribution in [1.29, 1.82) is 0 Å². The van der Waals surface area contributed by atoms with Crippen LogP contribution in [0.15, 0.2) is 18.5 Å². The molecule has 0 aliphatic heterocycles. The number of aromatic nitrogens is 4. The van der Waals surface area contributed by atoms with Crippen LogP contribution in [0.1, 0.15) is 50.8 Å². The molecule has 2 amide bonds. The lowest BCUT2D eigenvalue weighted by molar-refractivity contribution is 0.262. The van der Waals surface area contributed by atoms with Crippen LogP contribution < -0.4 is 10.6 Å². The first-order valence-corrected chi connectivity index (χ1v) is 8.27. The van der Waals surface area contributed by atoms with Crippen molar-refractivity contribution in [3.63, 3.8) is 0 Å². The molecule has 4 rings (SSSR count). The second-order valence-electron chi connectivity index (χ2n) is 6.89. The minimum Gasteiger partial charge on any atom is -0.305 e. The average molecular weight is 314 g/mol. The lowest BCUT2D eigenvalue weighted by Gasteiger charge is -2.09. The normalized spacial score (nSPS) is 24.3. The molecule has 2 aromatic heterocycles. The second kappa shape index (κ2) is 5.40. The molecule has 3 N–H and O–H groups in total. The Kier molecular flexibility index (Phi) is 3.36. The molecule has 0 spiro atoms. The molecule has 0 unspecified atom stereocenters.